The molecule has 1 saturated heterocycles. The van der Waals surface area contributed by atoms with Crippen molar-refractivity contribution in [2.75, 3.05) is 13.1 Å². The van der Waals surface area contributed by atoms with Gasteiger partial charge in [0.05, 0.1) is 0 Å². The molecule has 1 N–H and O–H groups in total. The van der Waals surface area contributed by atoms with Crippen LogP contribution in [0.2, 0.25) is 5.02 Å². The summed E-state index contributed by atoms with van der Waals surface area (Å²) in [6.07, 6.45) is 1.27. The van der Waals surface area contributed by atoms with Crippen molar-refractivity contribution in [3.63, 3.8) is 0 Å². The number of nitrogens with one attached hydrogen (secondary N) is 1. The highest BCUT2D eigenvalue weighted by Gasteiger charge is 2.15. The predicted molar refractivity (Wildman–Crippen MR) is 68.8 cm³/mol. The fraction of sp³-hybridized carbons (Fsp3) is 0.333. The summed E-state index contributed by atoms with van der Waals surface area (Å²) in [7, 11) is 0. The van der Waals surface area contributed by atoms with Gasteiger partial charge in [0.25, 0.3) is 0 Å². The molecule has 0 aromatic heterocycles. The molecule has 1 aromatic carbocycles. The summed E-state index contributed by atoms with van der Waals surface area (Å²) in [4.78, 5) is 0. The molecule has 1 aromatic rings. The van der Waals surface area contributed by atoms with E-state index in [1.807, 2.05) is 0 Å². The SMILES string of the molecule is Cl.FC(=C1CCNCC1)c1ccc(Cl)cc1F. The van der Waals surface area contributed by atoms with Gasteiger partial charge in [-0.3, -0.25) is 0 Å². The van der Waals surface area contributed by atoms with Crippen LogP contribution in [0.1, 0.15) is 18.4 Å². The van der Waals surface area contributed by atoms with Crippen molar-refractivity contribution in [1.82, 2.24) is 5.32 Å². The Bertz CT molecular complexity index is 425. The molecule has 0 spiro atoms. The zero-order valence-corrected chi connectivity index (χ0v) is 10.7. The second-order valence-electron chi connectivity index (χ2n) is 3.79. The first-order valence-electron chi connectivity index (χ1n) is 5.22. The van der Waals surface area contributed by atoms with Gasteiger partial charge in [0.2, 0.25) is 0 Å². The molecule has 1 nitrogen and oxygen atoms in total. The number of benzene rings is 1. The molecule has 2 rings (SSSR count). The Morgan fingerprint density at radius 3 is 2.47 bits per heavy atom. The Morgan fingerprint density at radius 2 is 1.88 bits per heavy atom. The lowest BCUT2D eigenvalue weighted by Crippen LogP contribution is -2.23. The van der Waals surface area contributed by atoms with Crippen LogP contribution in [0.5, 0.6) is 0 Å². The Labute approximate surface area is 110 Å². The zero-order valence-electron chi connectivity index (χ0n) is 9.10. The minimum Gasteiger partial charge on any atom is -0.316 e. The predicted octanol–water partition coefficient (Wildman–Crippen LogP) is 3.96. The number of hydrogen-bond donors (Lipinski definition) is 1. The van der Waals surface area contributed by atoms with Crippen molar-refractivity contribution in [1.29, 1.82) is 0 Å². The third kappa shape index (κ3) is 3.41. The molecular formula is C12H13Cl2F2N. The van der Waals surface area contributed by atoms with Gasteiger partial charge in [-0.25, -0.2) is 8.78 Å². The molecule has 0 radical (unpaired) electrons. The summed E-state index contributed by atoms with van der Waals surface area (Å²) in [6, 6.07) is 4.03. The van der Waals surface area contributed by atoms with Crippen molar-refractivity contribution < 1.29 is 8.78 Å². The standard InChI is InChI=1S/C12H12ClF2N.ClH/c13-9-1-2-10(11(14)7-9)12(15)8-3-5-16-6-4-8;/h1-2,7,16H,3-6H2;1H. The van der Waals surface area contributed by atoms with Crippen LogP contribution < -0.4 is 5.32 Å². The van der Waals surface area contributed by atoms with Crippen LogP contribution >= 0.6 is 24.0 Å². The van der Waals surface area contributed by atoms with Crippen molar-refractivity contribution >= 4 is 29.8 Å². The molecule has 17 heavy (non-hydrogen) atoms. The van der Waals surface area contributed by atoms with Gasteiger partial charge in [0.1, 0.15) is 11.6 Å². The minimum atomic E-state index is -0.601. The molecule has 0 amide bonds. The molecule has 0 bridgehead atoms. The Kier molecular flexibility index (Phi) is 5.37. The van der Waals surface area contributed by atoms with Crippen molar-refractivity contribution in [2.24, 2.45) is 0 Å². The number of hydrogen-bond acceptors (Lipinski definition) is 1. The largest absolute Gasteiger partial charge is 0.316 e. The van der Waals surface area contributed by atoms with Gasteiger partial charge in [-0.1, -0.05) is 11.6 Å². The lowest BCUT2D eigenvalue weighted by Gasteiger charge is -2.16. The molecule has 94 valence electrons. The summed E-state index contributed by atoms with van der Waals surface area (Å²) >= 11 is 5.62. The first kappa shape index (κ1) is 14.4. The topological polar surface area (TPSA) is 12.0 Å². The Hall–Kier alpha value is -0.640. The molecule has 1 aliphatic heterocycles. The summed E-state index contributed by atoms with van der Waals surface area (Å²) in [5.74, 6) is -1.04. The molecule has 0 saturated carbocycles. The monoisotopic (exact) mass is 279 g/mol. The van der Waals surface area contributed by atoms with E-state index in [1.165, 1.54) is 12.1 Å². The van der Waals surface area contributed by atoms with Crippen molar-refractivity contribution in [3.05, 3.63) is 40.2 Å². The average Bonchev–Trinajstić information content (AvgIpc) is 2.29. The maximum atomic E-state index is 14.0. The number of piperidine rings is 1. The van der Waals surface area contributed by atoms with Crippen LogP contribution in [-0.4, -0.2) is 13.1 Å². The molecule has 0 atom stereocenters. The van der Waals surface area contributed by atoms with Gasteiger partial charge in [-0.15, -0.1) is 12.4 Å². The quantitative estimate of drug-likeness (QED) is 0.821. The van der Waals surface area contributed by atoms with E-state index in [0.717, 1.165) is 19.2 Å². The van der Waals surface area contributed by atoms with Gasteiger partial charge in [-0.2, -0.15) is 0 Å². The summed E-state index contributed by atoms with van der Waals surface area (Å²) in [5, 5.41) is 3.41. The van der Waals surface area contributed by atoms with Crippen molar-refractivity contribution in [2.45, 2.75) is 12.8 Å². The van der Waals surface area contributed by atoms with Crippen LogP contribution in [0, 0.1) is 5.82 Å². The van der Waals surface area contributed by atoms with Gasteiger partial charge in [-0.05, 0) is 49.7 Å². The first-order chi connectivity index (χ1) is 7.68. The van der Waals surface area contributed by atoms with E-state index in [1.54, 1.807) is 0 Å². The maximum Gasteiger partial charge on any atom is 0.134 e. The van der Waals surface area contributed by atoms with Crippen LogP contribution in [0.15, 0.2) is 23.8 Å². The van der Waals surface area contributed by atoms with Crippen LogP contribution in [-0.2, 0) is 0 Å². The highest BCUT2D eigenvalue weighted by atomic mass is 35.5. The molecular weight excluding hydrogens is 267 g/mol. The third-order valence-corrected chi connectivity index (χ3v) is 2.92. The number of halogens is 4. The van der Waals surface area contributed by atoms with E-state index in [-0.39, 0.29) is 23.0 Å². The van der Waals surface area contributed by atoms with E-state index in [9.17, 15) is 8.78 Å². The van der Waals surface area contributed by atoms with Gasteiger partial charge in [0, 0.05) is 10.6 Å². The van der Waals surface area contributed by atoms with E-state index < -0.39 is 11.6 Å². The van der Waals surface area contributed by atoms with Crippen LogP contribution in [0.3, 0.4) is 0 Å². The normalized spacial score (nSPS) is 15.4. The second kappa shape index (κ2) is 6.34. The zero-order chi connectivity index (χ0) is 11.5. The van der Waals surface area contributed by atoms with E-state index in [4.69, 9.17) is 11.6 Å². The Morgan fingerprint density at radius 1 is 1.24 bits per heavy atom. The molecule has 5 heteroatoms. The molecule has 1 aliphatic rings. The van der Waals surface area contributed by atoms with Gasteiger partial charge in [0.15, 0.2) is 0 Å². The summed E-state index contributed by atoms with van der Waals surface area (Å²) in [5.41, 5.74) is 0.696. The second-order valence-corrected chi connectivity index (χ2v) is 4.23. The number of rotatable bonds is 1. The molecule has 0 unspecified atom stereocenters. The lowest BCUT2D eigenvalue weighted by atomic mass is 10.0. The molecule has 1 fully saturated rings. The molecule has 0 aliphatic carbocycles. The van der Waals surface area contributed by atoms with Crippen molar-refractivity contribution in [3.8, 4) is 0 Å². The fourth-order valence-corrected chi connectivity index (χ4v) is 1.96. The van der Waals surface area contributed by atoms with Crippen LogP contribution in [0.4, 0.5) is 8.78 Å². The van der Waals surface area contributed by atoms with Crippen LogP contribution in [0.25, 0.3) is 5.83 Å². The summed E-state index contributed by atoms with van der Waals surface area (Å²) < 4.78 is 27.5. The summed E-state index contributed by atoms with van der Waals surface area (Å²) in [6.45, 7) is 1.50. The highest BCUT2D eigenvalue weighted by Crippen LogP contribution is 2.28. The smallest absolute Gasteiger partial charge is 0.134 e. The highest BCUT2D eigenvalue weighted by molar-refractivity contribution is 6.30. The van der Waals surface area contributed by atoms with Gasteiger partial charge < -0.3 is 5.32 Å². The maximum absolute atomic E-state index is 14.0. The van der Waals surface area contributed by atoms with Gasteiger partial charge >= 0.3 is 0 Å². The Balaban J connectivity index is 0.00000144. The minimum absolute atomic E-state index is 0. The molecule has 1 heterocycles. The first-order valence-corrected chi connectivity index (χ1v) is 5.60. The fourth-order valence-electron chi connectivity index (χ4n) is 1.81. The van der Waals surface area contributed by atoms with E-state index >= 15 is 0 Å². The lowest BCUT2D eigenvalue weighted by molar-refractivity contribution is 0.586. The third-order valence-electron chi connectivity index (χ3n) is 2.69. The van der Waals surface area contributed by atoms with E-state index in [2.05, 4.69) is 5.32 Å². The van der Waals surface area contributed by atoms with E-state index in [0.29, 0.717) is 18.4 Å². The average molecular weight is 280 g/mol.